The van der Waals surface area contributed by atoms with Crippen LogP contribution in [0.25, 0.3) is 0 Å². The lowest BCUT2D eigenvalue weighted by atomic mass is 9.97. The van der Waals surface area contributed by atoms with Gasteiger partial charge in [0.25, 0.3) is 5.79 Å². The molecule has 0 saturated heterocycles. The van der Waals surface area contributed by atoms with Gasteiger partial charge in [-0.05, 0) is 34.6 Å². The van der Waals surface area contributed by atoms with E-state index in [1.165, 1.54) is 0 Å². The van der Waals surface area contributed by atoms with E-state index >= 15 is 0 Å². The second kappa shape index (κ2) is 8.49. The normalized spacial score (nSPS) is 12.6. The fourth-order valence-electron chi connectivity index (χ4n) is 2.58. The second-order valence-corrected chi connectivity index (χ2v) is 4.66. The molecule has 0 N–H and O–H groups in total. The van der Waals surface area contributed by atoms with E-state index in [9.17, 15) is 0 Å². The molecule has 1 aromatic rings. The Labute approximate surface area is 128 Å². The summed E-state index contributed by atoms with van der Waals surface area (Å²) in [6.07, 6.45) is 0. The van der Waals surface area contributed by atoms with Crippen molar-refractivity contribution in [3.05, 3.63) is 35.9 Å². The van der Waals surface area contributed by atoms with Crippen LogP contribution in [0.15, 0.2) is 30.3 Å². The molecule has 0 bridgehead atoms. The molecular weight excluding hydrogens is 268 g/mol. The van der Waals surface area contributed by atoms with Crippen LogP contribution in [0.2, 0.25) is 0 Å². The molecular formula is C17H28O4. The van der Waals surface area contributed by atoms with Gasteiger partial charge in [0.05, 0.1) is 0 Å². The molecule has 120 valence electrons. The van der Waals surface area contributed by atoms with Crippen LogP contribution in [0.4, 0.5) is 0 Å². The molecule has 21 heavy (non-hydrogen) atoms. The molecule has 0 aliphatic heterocycles. The van der Waals surface area contributed by atoms with Gasteiger partial charge in [0, 0.05) is 32.0 Å². The Morgan fingerprint density at radius 3 is 1.52 bits per heavy atom. The Morgan fingerprint density at radius 1 is 0.714 bits per heavy atom. The minimum Gasteiger partial charge on any atom is -0.346 e. The average molecular weight is 296 g/mol. The van der Waals surface area contributed by atoms with Crippen molar-refractivity contribution in [3.63, 3.8) is 0 Å². The van der Waals surface area contributed by atoms with Gasteiger partial charge in [0.1, 0.15) is 0 Å². The third-order valence-corrected chi connectivity index (χ3v) is 3.29. The third-order valence-electron chi connectivity index (χ3n) is 3.29. The summed E-state index contributed by atoms with van der Waals surface area (Å²) in [5, 5.41) is 0. The third kappa shape index (κ3) is 3.83. The van der Waals surface area contributed by atoms with Gasteiger partial charge >= 0.3 is 0 Å². The van der Waals surface area contributed by atoms with Gasteiger partial charge in [-0.15, -0.1) is 0 Å². The number of benzene rings is 1. The summed E-state index contributed by atoms with van der Waals surface area (Å²) in [7, 11) is 0. The minimum atomic E-state index is -1.09. The molecule has 4 nitrogen and oxygen atoms in total. The molecule has 0 aliphatic rings. The molecule has 0 saturated carbocycles. The maximum Gasteiger partial charge on any atom is 0.250 e. The number of hydrogen-bond acceptors (Lipinski definition) is 4. The van der Waals surface area contributed by atoms with Crippen molar-refractivity contribution in [2.75, 3.05) is 26.4 Å². The van der Waals surface area contributed by atoms with Crippen molar-refractivity contribution in [1.82, 2.24) is 0 Å². The average Bonchev–Trinajstić information content (AvgIpc) is 2.48. The first-order chi connectivity index (χ1) is 10.1. The highest BCUT2D eigenvalue weighted by Crippen LogP contribution is 2.41. The molecule has 0 heterocycles. The van der Waals surface area contributed by atoms with Gasteiger partial charge in [0.2, 0.25) is 5.79 Å². The van der Waals surface area contributed by atoms with Crippen LogP contribution in [0.3, 0.4) is 0 Å². The molecule has 0 fully saturated rings. The Kier molecular flexibility index (Phi) is 7.32. The van der Waals surface area contributed by atoms with Crippen LogP contribution in [-0.2, 0) is 24.7 Å². The van der Waals surface area contributed by atoms with Crippen molar-refractivity contribution in [2.24, 2.45) is 0 Å². The van der Waals surface area contributed by atoms with E-state index in [0.717, 1.165) is 5.56 Å². The molecule has 4 heteroatoms. The Morgan fingerprint density at radius 2 is 1.14 bits per heavy atom. The van der Waals surface area contributed by atoms with E-state index in [1.54, 1.807) is 0 Å². The molecule has 0 spiro atoms. The van der Waals surface area contributed by atoms with Gasteiger partial charge in [-0.1, -0.05) is 30.3 Å². The highest BCUT2D eigenvalue weighted by Gasteiger charge is 2.54. The predicted molar refractivity (Wildman–Crippen MR) is 83.0 cm³/mol. The van der Waals surface area contributed by atoms with E-state index in [0.29, 0.717) is 26.4 Å². The summed E-state index contributed by atoms with van der Waals surface area (Å²) in [5.41, 5.74) is 0.887. The van der Waals surface area contributed by atoms with Crippen LogP contribution in [-0.4, -0.2) is 32.2 Å². The maximum absolute atomic E-state index is 6.05. The fraction of sp³-hybridized carbons (Fsp3) is 0.647. The van der Waals surface area contributed by atoms with E-state index in [1.807, 2.05) is 65.0 Å². The lowest BCUT2D eigenvalue weighted by Gasteiger charge is -2.46. The molecule has 0 aliphatic carbocycles. The quantitative estimate of drug-likeness (QED) is 0.617. The lowest BCUT2D eigenvalue weighted by Crippen LogP contribution is -2.57. The van der Waals surface area contributed by atoms with Gasteiger partial charge in [-0.25, -0.2) is 0 Å². The van der Waals surface area contributed by atoms with Crippen molar-refractivity contribution < 1.29 is 18.9 Å². The topological polar surface area (TPSA) is 36.9 Å². The number of hydrogen-bond donors (Lipinski definition) is 0. The van der Waals surface area contributed by atoms with Crippen molar-refractivity contribution >= 4 is 0 Å². The highest BCUT2D eigenvalue weighted by atomic mass is 16.8. The Hall–Kier alpha value is -0.940. The van der Waals surface area contributed by atoms with Crippen molar-refractivity contribution in [2.45, 2.75) is 46.2 Å². The van der Waals surface area contributed by atoms with E-state index in [-0.39, 0.29) is 0 Å². The first-order valence-electron chi connectivity index (χ1n) is 7.71. The molecule has 0 amide bonds. The number of ether oxygens (including phenoxy) is 4. The van der Waals surface area contributed by atoms with Gasteiger partial charge in [-0.3, -0.25) is 0 Å². The molecule has 0 unspecified atom stereocenters. The van der Waals surface area contributed by atoms with Crippen LogP contribution in [0.1, 0.15) is 40.2 Å². The molecule has 0 aromatic heterocycles. The van der Waals surface area contributed by atoms with Gasteiger partial charge in [0.15, 0.2) is 0 Å². The minimum absolute atomic E-state index is 0.491. The first-order valence-corrected chi connectivity index (χ1v) is 7.71. The largest absolute Gasteiger partial charge is 0.346 e. The standard InChI is InChI=1S/C17H28O4/c1-6-18-16(5,19-7-2)17(20-8-3,21-9-4)15-13-11-10-12-14-15/h10-14H,6-9H2,1-5H3. The SMILES string of the molecule is CCOC(C)(OCC)C(OCC)(OCC)c1ccccc1. The van der Waals surface area contributed by atoms with Crippen LogP contribution in [0.5, 0.6) is 0 Å². The van der Waals surface area contributed by atoms with Crippen LogP contribution < -0.4 is 0 Å². The summed E-state index contributed by atoms with van der Waals surface area (Å²) in [5.74, 6) is -2.12. The zero-order chi connectivity index (χ0) is 15.8. The van der Waals surface area contributed by atoms with Crippen LogP contribution in [0, 0.1) is 0 Å². The molecule has 1 rings (SSSR count). The summed E-state index contributed by atoms with van der Waals surface area (Å²) in [6, 6.07) is 9.83. The monoisotopic (exact) mass is 296 g/mol. The van der Waals surface area contributed by atoms with Crippen molar-refractivity contribution in [3.8, 4) is 0 Å². The highest BCUT2D eigenvalue weighted by molar-refractivity contribution is 5.23. The summed E-state index contributed by atoms with van der Waals surface area (Å²) in [4.78, 5) is 0. The summed E-state index contributed by atoms with van der Waals surface area (Å²) < 4.78 is 24.0. The molecule has 0 radical (unpaired) electrons. The molecule has 0 atom stereocenters. The predicted octanol–water partition coefficient (Wildman–Crippen LogP) is 3.70. The lowest BCUT2D eigenvalue weighted by molar-refractivity contribution is -0.410. The van der Waals surface area contributed by atoms with Crippen molar-refractivity contribution in [1.29, 1.82) is 0 Å². The first kappa shape index (κ1) is 18.1. The smallest absolute Gasteiger partial charge is 0.250 e. The van der Waals surface area contributed by atoms with Gasteiger partial charge < -0.3 is 18.9 Å². The number of rotatable bonds is 10. The van der Waals surface area contributed by atoms with E-state index < -0.39 is 11.6 Å². The Balaban J connectivity index is 3.39. The zero-order valence-electron chi connectivity index (χ0n) is 13.8. The fourth-order valence-corrected chi connectivity index (χ4v) is 2.58. The summed E-state index contributed by atoms with van der Waals surface area (Å²) in [6.45, 7) is 11.6. The molecule has 1 aromatic carbocycles. The van der Waals surface area contributed by atoms with Crippen LogP contribution >= 0.6 is 0 Å². The summed E-state index contributed by atoms with van der Waals surface area (Å²) >= 11 is 0. The second-order valence-electron chi connectivity index (χ2n) is 4.66. The van der Waals surface area contributed by atoms with E-state index in [2.05, 4.69) is 0 Å². The van der Waals surface area contributed by atoms with Gasteiger partial charge in [-0.2, -0.15) is 0 Å². The zero-order valence-corrected chi connectivity index (χ0v) is 13.8. The maximum atomic E-state index is 6.05. The Bertz CT molecular complexity index is 379. The van der Waals surface area contributed by atoms with E-state index in [4.69, 9.17) is 18.9 Å².